The molecule has 1 aliphatic heterocycles. The fourth-order valence-corrected chi connectivity index (χ4v) is 5.95. The molecule has 40 heavy (non-hydrogen) atoms. The molecule has 2 aromatic heterocycles. The van der Waals surface area contributed by atoms with Crippen LogP contribution in [-0.4, -0.2) is 17.1 Å². The van der Waals surface area contributed by atoms with Crippen LogP contribution in [0.1, 0.15) is 69.4 Å². The van der Waals surface area contributed by atoms with Crippen molar-refractivity contribution in [3.05, 3.63) is 114 Å². The first-order valence-electron chi connectivity index (χ1n) is 13.5. The third kappa shape index (κ3) is 5.49. The van der Waals surface area contributed by atoms with Gasteiger partial charge < -0.3 is 9.15 Å². The summed E-state index contributed by atoms with van der Waals surface area (Å²) in [5, 5.41) is 0.648. The third-order valence-corrected chi connectivity index (χ3v) is 8.07. The van der Waals surface area contributed by atoms with Crippen molar-refractivity contribution in [2.45, 2.75) is 52.5 Å². The van der Waals surface area contributed by atoms with Crippen LogP contribution < -0.4 is 14.9 Å². The summed E-state index contributed by atoms with van der Waals surface area (Å²) >= 11 is 7.31. The fourth-order valence-electron chi connectivity index (χ4n) is 4.83. The lowest BCUT2D eigenvalue weighted by molar-refractivity contribution is -0.139. The number of carbonyl (C=O) groups is 1. The standard InChI is InChI=1S/C32H31ClN2O4S/c1-5-7-25-28(31(37)38-6-2)29(22-10-8-20(9-11-22)19(3)4)35-30(36)27(40-32(35)34-25)18-24-16-17-26(39-24)21-12-14-23(33)15-13-21/h8-19,29H,5-7H2,1-4H3/b27-18-/t29-/m1/s1. The minimum atomic E-state index is -0.638. The van der Waals surface area contributed by atoms with E-state index in [9.17, 15) is 9.59 Å². The van der Waals surface area contributed by atoms with Crippen LogP contribution >= 0.6 is 22.9 Å². The van der Waals surface area contributed by atoms with Crippen LogP contribution in [0, 0.1) is 0 Å². The molecule has 3 heterocycles. The molecule has 0 N–H and O–H groups in total. The Morgan fingerprint density at radius 2 is 1.82 bits per heavy atom. The molecule has 0 spiro atoms. The Labute approximate surface area is 241 Å². The summed E-state index contributed by atoms with van der Waals surface area (Å²) < 4.78 is 13.6. The predicted octanol–water partition coefficient (Wildman–Crippen LogP) is 6.62. The first-order chi connectivity index (χ1) is 19.3. The van der Waals surface area contributed by atoms with E-state index in [0.717, 1.165) is 17.5 Å². The lowest BCUT2D eigenvalue weighted by Gasteiger charge is -2.26. The highest BCUT2D eigenvalue weighted by Gasteiger charge is 2.34. The van der Waals surface area contributed by atoms with E-state index in [0.29, 0.717) is 49.5 Å². The van der Waals surface area contributed by atoms with Crippen molar-refractivity contribution in [2.75, 3.05) is 6.61 Å². The smallest absolute Gasteiger partial charge is 0.338 e. The number of esters is 1. The summed E-state index contributed by atoms with van der Waals surface area (Å²) in [6.45, 7) is 8.33. The second-order valence-electron chi connectivity index (χ2n) is 9.94. The lowest BCUT2D eigenvalue weighted by Crippen LogP contribution is -2.40. The first-order valence-corrected chi connectivity index (χ1v) is 14.7. The van der Waals surface area contributed by atoms with Crippen LogP contribution in [0.2, 0.25) is 5.02 Å². The SMILES string of the molecule is CCCC1=C(C(=O)OCC)[C@@H](c2ccc(C(C)C)cc2)n2c(s/c(=C\c3ccc(-c4ccc(Cl)cc4)o3)c2=O)=N1. The second kappa shape index (κ2) is 11.8. The highest BCUT2D eigenvalue weighted by atomic mass is 35.5. The normalized spacial score (nSPS) is 15.3. The van der Waals surface area contributed by atoms with Gasteiger partial charge in [-0.25, -0.2) is 9.79 Å². The predicted molar refractivity (Wildman–Crippen MR) is 159 cm³/mol. The summed E-state index contributed by atoms with van der Waals surface area (Å²) in [7, 11) is 0. The Morgan fingerprint density at radius 3 is 2.48 bits per heavy atom. The number of carbonyl (C=O) groups excluding carboxylic acids is 1. The van der Waals surface area contributed by atoms with Gasteiger partial charge in [0.25, 0.3) is 5.56 Å². The highest BCUT2D eigenvalue weighted by molar-refractivity contribution is 7.07. The van der Waals surface area contributed by atoms with E-state index in [1.54, 1.807) is 29.7 Å². The Balaban J connectivity index is 1.66. The van der Waals surface area contributed by atoms with Crippen molar-refractivity contribution >= 4 is 35.0 Å². The van der Waals surface area contributed by atoms with E-state index in [2.05, 4.69) is 26.0 Å². The van der Waals surface area contributed by atoms with E-state index >= 15 is 0 Å². The Kier molecular flexibility index (Phi) is 8.24. The van der Waals surface area contributed by atoms with Crippen LogP contribution in [0.3, 0.4) is 0 Å². The maximum Gasteiger partial charge on any atom is 0.338 e. The number of hydrogen-bond acceptors (Lipinski definition) is 6. The molecule has 6 nitrogen and oxygen atoms in total. The zero-order valence-corrected chi connectivity index (χ0v) is 24.5. The quantitative estimate of drug-likeness (QED) is 0.222. The molecule has 0 unspecified atom stereocenters. The van der Waals surface area contributed by atoms with Crippen molar-refractivity contribution in [1.82, 2.24) is 4.57 Å². The number of allylic oxidation sites excluding steroid dienone is 1. The zero-order chi connectivity index (χ0) is 28.4. The second-order valence-corrected chi connectivity index (χ2v) is 11.4. The van der Waals surface area contributed by atoms with E-state index in [1.165, 1.54) is 16.9 Å². The Bertz CT molecular complexity index is 1740. The number of nitrogens with zero attached hydrogens (tertiary/aromatic N) is 2. The van der Waals surface area contributed by atoms with Crippen molar-refractivity contribution in [2.24, 2.45) is 4.99 Å². The number of halogens is 1. The number of hydrogen-bond donors (Lipinski definition) is 0. The molecule has 1 aliphatic rings. The van der Waals surface area contributed by atoms with Gasteiger partial charge in [-0.15, -0.1) is 0 Å². The summed E-state index contributed by atoms with van der Waals surface area (Å²) in [6, 6.07) is 18.5. The van der Waals surface area contributed by atoms with Crippen LogP contribution in [0.15, 0.2) is 86.1 Å². The number of furan rings is 1. The van der Waals surface area contributed by atoms with Gasteiger partial charge in [-0.1, -0.05) is 74.4 Å². The van der Waals surface area contributed by atoms with Gasteiger partial charge in [0.2, 0.25) is 0 Å². The van der Waals surface area contributed by atoms with E-state index in [4.69, 9.17) is 25.7 Å². The van der Waals surface area contributed by atoms with Gasteiger partial charge in [0, 0.05) is 16.7 Å². The minimum absolute atomic E-state index is 0.233. The van der Waals surface area contributed by atoms with Gasteiger partial charge in [-0.3, -0.25) is 9.36 Å². The minimum Gasteiger partial charge on any atom is -0.463 e. The molecule has 4 aromatic rings. The highest BCUT2D eigenvalue weighted by Crippen LogP contribution is 2.33. The molecular weight excluding hydrogens is 544 g/mol. The molecule has 0 saturated heterocycles. The van der Waals surface area contributed by atoms with Gasteiger partial charge in [0.05, 0.1) is 28.5 Å². The van der Waals surface area contributed by atoms with Gasteiger partial charge in [0.1, 0.15) is 11.5 Å². The largest absolute Gasteiger partial charge is 0.463 e. The number of ether oxygens (including phenoxy) is 1. The number of benzene rings is 2. The summed E-state index contributed by atoms with van der Waals surface area (Å²) in [4.78, 5) is 32.6. The topological polar surface area (TPSA) is 73.8 Å². The van der Waals surface area contributed by atoms with E-state index < -0.39 is 12.0 Å². The summed E-state index contributed by atoms with van der Waals surface area (Å²) in [5.74, 6) is 1.14. The monoisotopic (exact) mass is 574 g/mol. The summed E-state index contributed by atoms with van der Waals surface area (Å²) in [5.41, 5.74) is 3.76. The zero-order valence-electron chi connectivity index (χ0n) is 22.9. The lowest BCUT2D eigenvalue weighted by atomic mass is 9.92. The average molecular weight is 575 g/mol. The maximum absolute atomic E-state index is 13.9. The van der Waals surface area contributed by atoms with Crippen LogP contribution in [-0.2, 0) is 9.53 Å². The van der Waals surface area contributed by atoms with Crippen molar-refractivity contribution in [3.63, 3.8) is 0 Å². The summed E-state index contributed by atoms with van der Waals surface area (Å²) in [6.07, 6.45) is 3.13. The van der Waals surface area contributed by atoms with Gasteiger partial charge in [-0.2, -0.15) is 0 Å². The van der Waals surface area contributed by atoms with Gasteiger partial charge in [0.15, 0.2) is 4.80 Å². The molecular formula is C32H31ClN2O4S. The molecule has 8 heteroatoms. The van der Waals surface area contributed by atoms with Crippen LogP contribution in [0.4, 0.5) is 0 Å². The molecule has 1 atom stereocenters. The van der Waals surface area contributed by atoms with Crippen LogP contribution in [0.25, 0.3) is 17.4 Å². The van der Waals surface area contributed by atoms with E-state index in [-0.39, 0.29) is 12.2 Å². The van der Waals surface area contributed by atoms with Crippen molar-refractivity contribution in [3.8, 4) is 11.3 Å². The molecule has 0 bridgehead atoms. The fraction of sp³-hybridized carbons (Fsp3) is 0.281. The van der Waals surface area contributed by atoms with Crippen molar-refractivity contribution < 1.29 is 13.9 Å². The van der Waals surface area contributed by atoms with Gasteiger partial charge in [-0.05, 0) is 66.8 Å². The molecule has 0 amide bonds. The van der Waals surface area contributed by atoms with Crippen LogP contribution in [0.5, 0.6) is 0 Å². The molecule has 0 radical (unpaired) electrons. The number of fused-ring (bicyclic) bond motifs is 1. The molecule has 206 valence electrons. The molecule has 5 rings (SSSR count). The third-order valence-electron chi connectivity index (χ3n) is 6.84. The van der Waals surface area contributed by atoms with Gasteiger partial charge >= 0.3 is 5.97 Å². The number of rotatable bonds is 8. The Morgan fingerprint density at radius 1 is 1.10 bits per heavy atom. The number of thiazole rings is 1. The molecule has 2 aromatic carbocycles. The number of aromatic nitrogens is 1. The van der Waals surface area contributed by atoms with E-state index in [1.807, 2.05) is 43.3 Å². The maximum atomic E-state index is 13.9. The Hall–Kier alpha value is -3.68. The average Bonchev–Trinajstić information content (AvgIpc) is 3.53. The van der Waals surface area contributed by atoms with Crippen molar-refractivity contribution in [1.29, 1.82) is 0 Å². The molecule has 0 saturated carbocycles. The molecule has 0 fully saturated rings. The first kappa shape index (κ1) is 27.9. The molecule has 0 aliphatic carbocycles.